The summed E-state index contributed by atoms with van der Waals surface area (Å²) in [5.74, 6) is -0.374. The minimum atomic E-state index is -0.374. The summed E-state index contributed by atoms with van der Waals surface area (Å²) in [6.45, 7) is 0. The quantitative estimate of drug-likeness (QED) is 0.336. The van der Waals surface area contributed by atoms with Crippen LogP contribution in [-0.4, -0.2) is 13.1 Å². The van der Waals surface area contributed by atoms with Crippen LogP contribution in [0.3, 0.4) is 0 Å². The number of ether oxygens (including phenoxy) is 1. The number of hydrogen-bond donors (Lipinski definition) is 0. The van der Waals surface area contributed by atoms with Crippen LogP contribution >= 0.6 is 0 Å². The largest absolute Gasteiger partial charge is 0.469 e. The standard InChI is InChI=1S/C11H11N3O2/c1-16-11(15)8-7-10(13-14-12)9-5-3-2-4-6-9/h2-7H,8H2,1H3/b10-7+. The highest BCUT2D eigenvalue weighted by Crippen LogP contribution is 2.16. The molecule has 0 aromatic heterocycles. The summed E-state index contributed by atoms with van der Waals surface area (Å²) in [5, 5.41) is 3.53. The number of hydrogen-bond acceptors (Lipinski definition) is 3. The third-order valence-electron chi connectivity index (χ3n) is 1.91. The first-order valence-electron chi connectivity index (χ1n) is 4.65. The van der Waals surface area contributed by atoms with E-state index in [4.69, 9.17) is 5.53 Å². The summed E-state index contributed by atoms with van der Waals surface area (Å²) in [4.78, 5) is 13.7. The maximum Gasteiger partial charge on any atom is 0.309 e. The summed E-state index contributed by atoms with van der Waals surface area (Å²) in [5.41, 5.74) is 9.61. The van der Waals surface area contributed by atoms with Crippen LogP contribution in [0.25, 0.3) is 16.1 Å². The van der Waals surface area contributed by atoms with Gasteiger partial charge >= 0.3 is 5.97 Å². The molecule has 1 aromatic rings. The number of benzene rings is 1. The molecule has 0 N–H and O–H groups in total. The van der Waals surface area contributed by atoms with Gasteiger partial charge in [0.2, 0.25) is 0 Å². The molecule has 0 aliphatic carbocycles. The summed E-state index contributed by atoms with van der Waals surface area (Å²) in [7, 11) is 1.31. The number of nitrogens with zero attached hydrogens (tertiary/aromatic N) is 3. The van der Waals surface area contributed by atoms with E-state index in [-0.39, 0.29) is 12.4 Å². The highest BCUT2D eigenvalue weighted by molar-refractivity contribution is 5.75. The predicted molar refractivity (Wildman–Crippen MR) is 60.2 cm³/mol. The van der Waals surface area contributed by atoms with Crippen molar-refractivity contribution in [3.63, 3.8) is 0 Å². The maximum absolute atomic E-state index is 11.0. The predicted octanol–water partition coefficient (Wildman–Crippen LogP) is 2.90. The molecule has 0 saturated carbocycles. The van der Waals surface area contributed by atoms with E-state index in [0.717, 1.165) is 5.56 Å². The van der Waals surface area contributed by atoms with E-state index in [1.165, 1.54) is 7.11 Å². The van der Waals surface area contributed by atoms with Crippen molar-refractivity contribution in [2.75, 3.05) is 7.11 Å². The van der Waals surface area contributed by atoms with Crippen molar-refractivity contribution >= 4 is 11.7 Å². The average molecular weight is 217 g/mol. The van der Waals surface area contributed by atoms with Gasteiger partial charge in [0.15, 0.2) is 0 Å². The van der Waals surface area contributed by atoms with Gasteiger partial charge in [-0.25, -0.2) is 0 Å². The zero-order chi connectivity index (χ0) is 11.8. The van der Waals surface area contributed by atoms with Gasteiger partial charge < -0.3 is 4.74 Å². The molecule has 0 atom stereocenters. The van der Waals surface area contributed by atoms with Gasteiger partial charge in [0, 0.05) is 10.6 Å². The molecule has 0 heterocycles. The van der Waals surface area contributed by atoms with E-state index in [1.807, 2.05) is 18.2 Å². The second-order valence-corrected chi connectivity index (χ2v) is 2.93. The maximum atomic E-state index is 11.0. The van der Waals surface area contributed by atoms with Crippen molar-refractivity contribution < 1.29 is 9.53 Å². The lowest BCUT2D eigenvalue weighted by molar-refractivity contribution is -0.139. The Morgan fingerprint density at radius 3 is 2.75 bits per heavy atom. The molecule has 0 unspecified atom stereocenters. The van der Waals surface area contributed by atoms with Crippen LogP contribution in [0.5, 0.6) is 0 Å². The molecule has 1 aromatic carbocycles. The second kappa shape index (κ2) is 6.27. The van der Waals surface area contributed by atoms with Crippen LogP contribution in [0.4, 0.5) is 0 Å². The molecule has 82 valence electrons. The van der Waals surface area contributed by atoms with Crippen LogP contribution in [0, 0.1) is 0 Å². The highest BCUT2D eigenvalue weighted by Gasteiger charge is 2.01. The van der Waals surface area contributed by atoms with E-state index in [9.17, 15) is 4.79 Å². The lowest BCUT2D eigenvalue weighted by Gasteiger charge is -2.00. The third-order valence-corrected chi connectivity index (χ3v) is 1.91. The molecular weight excluding hydrogens is 206 g/mol. The van der Waals surface area contributed by atoms with Gasteiger partial charge in [-0.1, -0.05) is 41.5 Å². The summed E-state index contributed by atoms with van der Waals surface area (Å²) < 4.78 is 4.50. The number of carbonyl (C=O) groups is 1. The Bertz CT molecular complexity index is 434. The van der Waals surface area contributed by atoms with Crippen molar-refractivity contribution in [1.29, 1.82) is 0 Å². The molecule has 1 rings (SSSR count). The van der Waals surface area contributed by atoms with Crippen LogP contribution < -0.4 is 0 Å². The minimum absolute atomic E-state index is 0.0831. The minimum Gasteiger partial charge on any atom is -0.469 e. The fourth-order valence-corrected chi connectivity index (χ4v) is 1.14. The number of carbonyl (C=O) groups excluding carboxylic acids is 1. The zero-order valence-corrected chi connectivity index (χ0v) is 8.83. The van der Waals surface area contributed by atoms with Gasteiger partial charge in [0.05, 0.1) is 13.5 Å². The van der Waals surface area contributed by atoms with Crippen LogP contribution in [0.15, 0.2) is 41.5 Å². The summed E-state index contributed by atoms with van der Waals surface area (Å²) in [6, 6.07) is 9.12. The summed E-state index contributed by atoms with van der Waals surface area (Å²) in [6.07, 6.45) is 1.63. The topological polar surface area (TPSA) is 75.1 Å². The Labute approximate surface area is 93.0 Å². The van der Waals surface area contributed by atoms with E-state index in [0.29, 0.717) is 5.70 Å². The van der Waals surface area contributed by atoms with E-state index < -0.39 is 0 Å². The molecule has 5 nitrogen and oxygen atoms in total. The van der Waals surface area contributed by atoms with E-state index in [1.54, 1.807) is 18.2 Å². The number of azide groups is 1. The molecule has 16 heavy (non-hydrogen) atoms. The number of rotatable bonds is 4. The van der Waals surface area contributed by atoms with Gasteiger partial charge in [-0.2, -0.15) is 0 Å². The molecule has 5 heteroatoms. The lowest BCUT2D eigenvalue weighted by atomic mass is 10.1. The van der Waals surface area contributed by atoms with Gasteiger partial charge in [-0.3, -0.25) is 4.79 Å². The Kier molecular flexibility index (Phi) is 4.63. The van der Waals surface area contributed by atoms with Gasteiger partial charge in [0.25, 0.3) is 0 Å². The lowest BCUT2D eigenvalue weighted by Crippen LogP contribution is -1.97. The van der Waals surface area contributed by atoms with Gasteiger partial charge in [-0.15, -0.1) is 0 Å². The molecule has 0 aliphatic rings. The Morgan fingerprint density at radius 2 is 2.19 bits per heavy atom. The molecule has 0 radical (unpaired) electrons. The summed E-state index contributed by atoms with van der Waals surface area (Å²) >= 11 is 0. The van der Waals surface area contributed by atoms with Crippen molar-refractivity contribution in [2.45, 2.75) is 6.42 Å². The van der Waals surface area contributed by atoms with Crippen molar-refractivity contribution in [2.24, 2.45) is 5.11 Å². The first-order valence-corrected chi connectivity index (χ1v) is 4.65. The van der Waals surface area contributed by atoms with Crippen LogP contribution in [0.2, 0.25) is 0 Å². The monoisotopic (exact) mass is 217 g/mol. The van der Waals surface area contributed by atoms with E-state index >= 15 is 0 Å². The SMILES string of the molecule is COC(=O)C/C=C(/N=[N+]=[N-])c1ccccc1. The third kappa shape index (κ3) is 3.48. The van der Waals surface area contributed by atoms with Gasteiger partial charge in [-0.05, 0) is 11.1 Å². The molecule has 0 amide bonds. The smallest absolute Gasteiger partial charge is 0.309 e. The molecule has 0 fully saturated rings. The van der Waals surface area contributed by atoms with Crippen LogP contribution in [0.1, 0.15) is 12.0 Å². The average Bonchev–Trinajstić information content (AvgIpc) is 2.35. The second-order valence-electron chi connectivity index (χ2n) is 2.93. The fourth-order valence-electron chi connectivity index (χ4n) is 1.14. The van der Waals surface area contributed by atoms with Crippen LogP contribution in [-0.2, 0) is 9.53 Å². The highest BCUT2D eigenvalue weighted by atomic mass is 16.5. The number of methoxy groups -OCH3 is 1. The van der Waals surface area contributed by atoms with Crippen molar-refractivity contribution in [1.82, 2.24) is 0 Å². The first-order chi connectivity index (χ1) is 7.77. The molecule has 0 aliphatic heterocycles. The van der Waals surface area contributed by atoms with Crippen molar-refractivity contribution in [3.05, 3.63) is 52.4 Å². The Hall–Kier alpha value is -2.26. The Balaban J connectivity index is 2.92. The Morgan fingerprint density at radius 1 is 1.50 bits per heavy atom. The molecule has 0 saturated heterocycles. The fraction of sp³-hybridized carbons (Fsp3) is 0.182. The van der Waals surface area contributed by atoms with Gasteiger partial charge in [0.1, 0.15) is 0 Å². The number of esters is 1. The molecular formula is C11H11N3O2. The van der Waals surface area contributed by atoms with Crippen molar-refractivity contribution in [3.8, 4) is 0 Å². The molecule has 0 bridgehead atoms. The van der Waals surface area contributed by atoms with E-state index in [2.05, 4.69) is 14.8 Å². The normalized spacial score (nSPS) is 10.4. The zero-order valence-electron chi connectivity index (χ0n) is 8.83. The molecule has 0 spiro atoms. The first kappa shape index (κ1) is 11.8.